The van der Waals surface area contributed by atoms with Gasteiger partial charge >= 0.3 is 0 Å². The Morgan fingerprint density at radius 3 is 2.96 bits per heavy atom. The Morgan fingerprint density at radius 2 is 2.26 bits per heavy atom. The average Bonchev–Trinajstić information content (AvgIpc) is 2.93. The Hall–Kier alpha value is -2.09. The van der Waals surface area contributed by atoms with Gasteiger partial charge in [0.1, 0.15) is 5.92 Å². The van der Waals surface area contributed by atoms with Crippen molar-refractivity contribution in [1.82, 2.24) is 4.98 Å². The zero-order valence-corrected chi connectivity index (χ0v) is 14.0. The third-order valence-electron chi connectivity index (χ3n) is 5.32. The molecule has 2 unspecified atom stereocenters. The fourth-order valence-corrected chi connectivity index (χ4v) is 4.43. The zero-order valence-electron chi connectivity index (χ0n) is 14.0. The molecule has 0 bridgehead atoms. The summed E-state index contributed by atoms with van der Waals surface area (Å²) in [5.41, 5.74) is 0.599. The minimum absolute atomic E-state index is 0.0264. The lowest BCUT2D eigenvalue weighted by Crippen LogP contribution is -2.45. The van der Waals surface area contributed by atoms with Gasteiger partial charge in [-0.25, -0.2) is 4.98 Å². The third-order valence-corrected chi connectivity index (χ3v) is 5.32. The number of Topliss-reactive ketones (excluding diaryl/α,β-unsaturated/α-hetero) is 1. The van der Waals surface area contributed by atoms with Gasteiger partial charge in [-0.3, -0.25) is 4.79 Å². The SMILES string of the molecule is COc1ncccc1N1CCC2(CC(C#N)C(=O)C(C)(C)C2)C1. The van der Waals surface area contributed by atoms with Gasteiger partial charge in [0, 0.05) is 24.7 Å². The highest BCUT2D eigenvalue weighted by Crippen LogP contribution is 2.52. The molecular formula is C18H23N3O2. The number of hydrogen-bond donors (Lipinski definition) is 0. The molecule has 1 aliphatic heterocycles. The van der Waals surface area contributed by atoms with E-state index in [1.807, 2.05) is 26.0 Å². The standard InChI is InChI=1S/C18H23N3O2/c1-17(2)11-18(9-13(10-19)15(17)22)6-8-21(12-18)14-5-4-7-20-16(14)23-3/h4-5,7,13H,6,8-9,11-12H2,1-3H3. The zero-order chi connectivity index (χ0) is 16.7. The Balaban J connectivity index is 1.86. The number of pyridine rings is 1. The first-order valence-electron chi connectivity index (χ1n) is 8.09. The predicted octanol–water partition coefficient (Wildman–Crippen LogP) is 2.82. The number of hydrogen-bond acceptors (Lipinski definition) is 5. The first kappa shape index (κ1) is 15.8. The Morgan fingerprint density at radius 1 is 1.48 bits per heavy atom. The van der Waals surface area contributed by atoms with Gasteiger partial charge < -0.3 is 9.64 Å². The van der Waals surface area contributed by atoms with Gasteiger partial charge in [-0.05, 0) is 36.8 Å². The van der Waals surface area contributed by atoms with Crippen molar-refractivity contribution in [2.45, 2.75) is 33.1 Å². The highest BCUT2D eigenvalue weighted by atomic mass is 16.5. The van der Waals surface area contributed by atoms with Crippen LogP contribution >= 0.6 is 0 Å². The number of nitriles is 1. The number of aromatic nitrogens is 1. The van der Waals surface area contributed by atoms with E-state index in [2.05, 4.69) is 16.0 Å². The van der Waals surface area contributed by atoms with E-state index in [-0.39, 0.29) is 11.2 Å². The highest BCUT2D eigenvalue weighted by molar-refractivity contribution is 5.89. The number of ketones is 1. The van der Waals surface area contributed by atoms with Crippen LogP contribution in [0, 0.1) is 28.1 Å². The molecule has 5 heteroatoms. The summed E-state index contributed by atoms with van der Waals surface area (Å²) in [7, 11) is 1.63. The van der Waals surface area contributed by atoms with Crippen molar-refractivity contribution in [2.75, 3.05) is 25.1 Å². The fourth-order valence-electron chi connectivity index (χ4n) is 4.43. The summed E-state index contributed by atoms with van der Waals surface area (Å²) >= 11 is 0. The quantitative estimate of drug-likeness (QED) is 0.840. The van der Waals surface area contributed by atoms with E-state index in [0.717, 1.165) is 31.6 Å². The first-order valence-corrected chi connectivity index (χ1v) is 8.09. The van der Waals surface area contributed by atoms with Crippen LogP contribution in [0.1, 0.15) is 33.1 Å². The molecule has 2 heterocycles. The summed E-state index contributed by atoms with van der Waals surface area (Å²) in [6, 6.07) is 6.16. The monoisotopic (exact) mass is 313 g/mol. The molecule has 2 fully saturated rings. The van der Waals surface area contributed by atoms with Crippen LogP contribution in [-0.4, -0.2) is 31.0 Å². The Kier molecular flexibility index (Phi) is 3.79. The van der Waals surface area contributed by atoms with Gasteiger partial charge in [0.2, 0.25) is 5.88 Å². The number of carbonyl (C=O) groups is 1. The van der Waals surface area contributed by atoms with Gasteiger partial charge in [0.15, 0.2) is 5.78 Å². The summed E-state index contributed by atoms with van der Waals surface area (Å²) in [6.07, 6.45) is 4.24. The second-order valence-electron chi connectivity index (χ2n) is 7.51. The van der Waals surface area contributed by atoms with Crippen molar-refractivity contribution < 1.29 is 9.53 Å². The second-order valence-corrected chi connectivity index (χ2v) is 7.51. The van der Waals surface area contributed by atoms with Crippen molar-refractivity contribution in [1.29, 1.82) is 5.26 Å². The molecule has 0 aromatic carbocycles. The van der Waals surface area contributed by atoms with Crippen molar-refractivity contribution >= 4 is 11.5 Å². The van der Waals surface area contributed by atoms with Gasteiger partial charge in [0.05, 0.1) is 18.9 Å². The number of anilines is 1. The van der Waals surface area contributed by atoms with E-state index in [0.29, 0.717) is 12.3 Å². The smallest absolute Gasteiger partial charge is 0.237 e. The molecule has 1 saturated heterocycles. The van der Waals surface area contributed by atoms with Gasteiger partial charge in [-0.2, -0.15) is 5.26 Å². The molecule has 0 radical (unpaired) electrons. The van der Waals surface area contributed by atoms with E-state index < -0.39 is 11.3 Å². The minimum atomic E-state index is -0.477. The van der Waals surface area contributed by atoms with E-state index in [1.54, 1.807) is 13.3 Å². The van der Waals surface area contributed by atoms with E-state index in [4.69, 9.17) is 4.74 Å². The van der Waals surface area contributed by atoms with E-state index in [1.165, 1.54) is 0 Å². The molecule has 122 valence electrons. The van der Waals surface area contributed by atoms with Crippen LogP contribution in [0.25, 0.3) is 0 Å². The molecule has 2 aliphatic rings. The molecular weight excluding hydrogens is 290 g/mol. The molecule has 1 aromatic rings. The topological polar surface area (TPSA) is 66.2 Å². The van der Waals surface area contributed by atoms with Crippen LogP contribution in [0.3, 0.4) is 0 Å². The fraction of sp³-hybridized carbons (Fsp3) is 0.611. The van der Waals surface area contributed by atoms with Crippen LogP contribution in [0.2, 0.25) is 0 Å². The molecule has 1 aromatic heterocycles. The van der Waals surface area contributed by atoms with Crippen molar-refractivity contribution in [3.05, 3.63) is 18.3 Å². The molecule has 5 nitrogen and oxygen atoms in total. The molecule has 3 rings (SSSR count). The Bertz CT molecular complexity index is 664. The molecule has 0 N–H and O–H groups in total. The maximum atomic E-state index is 12.4. The minimum Gasteiger partial charge on any atom is -0.480 e. The maximum absolute atomic E-state index is 12.4. The molecule has 1 saturated carbocycles. The molecule has 0 amide bonds. The van der Waals surface area contributed by atoms with Crippen molar-refractivity contribution in [3.63, 3.8) is 0 Å². The second kappa shape index (κ2) is 5.52. The third kappa shape index (κ3) is 2.67. The lowest BCUT2D eigenvalue weighted by atomic mass is 9.59. The largest absolute Gasteiger partial charge is 0.480 e. The van der Waals surface area contributed by atoms with Crippen LogP contribution in [-0.2, 0) is 4.79 Å². The Labute approximate surface area is 137 Å². The summed E-state index contributed by atoms with van der Waals surface area (Å²) < 4.78 is 5.37. The van der Waals surface area contributed by atoms with Crippen molar-refractivity contribution in [2.24, 2.45) is 16.7 Å². The first-order chi connectivity index (χ1) is 10.9. The van der Waals surface area contributed by atoms with Gasteiger partial charge in [-0.1, -0.05) is 13.8 Å². The number of rotatable bonds is 2. The normalized spacial score (nSPS) is 29.6. The van der Waals surface area contributed by atoms with Gasteiger partial charge in [-0.15, -0.1) is 0 Å². The van der Waals surface area contributed by atoms with Crippen LogP contribution < -0.4 is 9.64 Å². The lowest BCUT2D eigenvalue weighted by molar-refractivity contribution is -0.136. The van der Waals surface area contributed by atoms with Crippen molar-refractivity contribution in [3.8, 4) is 11.9 Å². The summed E-state index contributed by atoms with van der Waals surface area (Å²) in [4.78, 5) is 19.0. The van der Waals surface area contributed by atoms with Crippen LogP contribution in [0.4, 0.5) is 5.69 Å². The maximum Gasteiger partial charge on any atom is 0.237 e. The predicted molar refractivity (Wildman–Crippen MR) is 87.2 cm³/mol. The summed E-state index contributed by atoms with van der Waals surface area (Å²) in [6.45, 7) is 5.72. The number of methoxy groups -OCH3 is 1. The van der Waals surface area contributed by atoms with E-state index in [9.17, 15) is 10.1 Å². The lowest BCUT2D eigenvalue weighted by Gasteiger charge is -2.43. The summed E-state index contributed by atoms with van der Waals surface area (Å²) in [5.74, 6) is 0.255. The molecule has 23 heavy (non-hydrogen) atoms. The number of ether oxygens (including phenoxy) is 1. The molecule has 1 aliphatic carbocycles. The van der Waals surface area contributed by atoms with Crippen LogP contribution in [0.5, 0.6) is 5.88 Å². The molecule has 2 atom stereocenters. The molecule has 1 spiro atoms. The summed E-state index contributed by atoms with van der Waals surface area (Å²) in [5, 5.41) is 9.39. The highest BCUT2D eigenvalue weighted by Gasteiger charge is 2.52. The van der Waals surface area contributed by atoms with Gasteiger partial charge in [0.25, 0.3) is 0 Å². The van der Waals surface area contributed by atoms with Crippen LogP contribution in [0.15, 0.2) is 18.3 Å². The van der Waals surface area contributed by atoms with E-state index >= 15 is 0 Å². The number of nitrogens with zero attached hydrogens (tertiary/aromatic N) is 3. The number of carbonyl (C=O) groups excluding carboxylic acids is 1. The average molecular weight is 313 g/mol.